The van der Waals surface area contributed by atoms with E-state index in [1.165, 1.54) is 12.8 Å². The second kappa shape index (κ2) is 12.5. The highest BCUT2D eigenvalue weighted by atomic mass is 35.5. The molecule has 2 aromatic carbocycles. The maximum atomic E-state index is 10.7. The number of aliphatic hydroxyl groups is 1. The minimum Gasteiger partial charge on any atom is -0.439 e. The number of unbranched alkanes of at least 4 members (excludes halogenated alkanes) is 1. The first-order chi connectivity index (χ1) is 17.0. The SMILES string of the molecule is CCCCOC[C@H](O)CN(Cc1c(C)nn(-c2ccc(Cl)cc2)c1Oc1ccccc1)CC1CC1. The Morgan fingerprint density at radius 3 is 2.57 bits per heavy atom. The van der Waals surface area contributed by atoms with Crippen LogP contribution >= 0.6 is 11.6 Å². The molecule has 35 heavy (non-hydrogen) atoms. The third-order valence-electron chi connectivity index (χ3n) is 6.18. The summed E-state index contributed by atoms with van der Waals surface area (Å²) in [6.07, 6.45) is 4.06. The number of nitrogens with zero attached hydrogens (tertiary/aromatic N) is 3. The van der Waals surface area contributed by atoms with Crippen molar-refractivity contribution in [3.8, 4) is 17.3 Å². The van der Waals surface area contributed by atoms with Crippen LogP contribution in [-0.2, 0) is 11.3 Å². The van der Waals surface area contributed by atoms with Gasteiger partial charge in [-0.05, 0) is 68.5 Å². The normalized spacial score (nSPS) is 14.4. The van der Waals surface area contributed by atoms with Gasteiger partial charge in [-0.15, -0.1) is 0 Å². The minimum absolute atomic E-state index is 0.359. The Balaban J connectivity index is 1.58. The Kier molecular flexibility index (Phi) is 9.21. The quantitative estimate of drug-likeness (QED) is 0.276. The lowest BCUT2D eigenvalue weighted by atomic mass is 10.2. The van der Waals surface area contributed by atoms with Crippen LogP contribution in [0.15, 0.2) is 54.6 Å². The fourth-order valence-electron chi connectivity index (χ4n) is 4.09. The van der Waals surface area contributed by atoms with E-state index in [1.807, 2.05) is 66.2 Å². The topological polar surface area (TPSA) is 59.8 Å². The molecule has 6 nitrogen and oxygen atoms in total. The van der Waals surface area contributed by atoms with E-state index in [9.17, 15) is 5.11 Å². The lowest BCUT2D eigenvalue weighted by Gasteiger charge is -2.25. The molecule has 3 aromatic rings. The van der Waals surface area contributed by atoms with Gasteiger partial charge in [0, 0.05) is 31.3 Å². The van der Waals surface area contributed by atoms with Crippen LogP contribution in [-0.4, -0.2) is 52.2 Å². The van der Waals surface area contributed by atoms with Gasteiger partial charge in [0.1, 0.15) is 5.75 Å². The van der Waals surface area contributed by atoms with Gasteiger partial charge in [0.05, 0.1) is 29.7 Å². The van der Waals surface area contributed by atoms with Crippen LogP contribution in [0.3, 0.4) is 0 Å². The van der Waals surface area contributed by atoms with Gasteiger partial charge in [-0.1, -0.05) is 43.1 Å². The molecule has 0 spiro atoms. The van der Waals surface area contributed by atoms with Crippen molar-refractivity contribution < 1.29 is 14.6 Å². The van der Waals surface area contributed by atoms with Crippen molar-refractivity contribution in [3.05, 3.63) is 70.9 Å². The predicted octanol–water partition coefficient (Wildman–Crippen LogP) is 6.02. The van der Waals surface area contributed by atoms with Gasteiger partial charge in [0.15, 0.2) is 0 Å². The molecule has 0 aliphatic heterocycles. The van der Waals surface area contributed by atoms with Crippen molar-refractivity contribution in [1.29, 1.82) is 0 Å². The first-order valence-corrected chi connectivity index (χ1v) is 13.0. The van der Waals surface area contributed by atoms with E-state index in [-0.39, 0.29) is 0 Å². The van der Waals surface area contributed by atoms with Crippen molar-refractivity contribution in [1.82, 2.24) is 14.7 Å². The van der Waals surface area contributed by atoms with E-state index in [2.05, 4.69) is 11.8 Å². The molecule has 0 amide bonds. The summed E-state index contributed by atoms with van der Waals surface area (Å²) < 4.78 is 13.9. The van der Waals surface area contributed by atoms with Crippen LogP contribution < -0.4 is 4.74 Å². The summed E-state index contributed by atoms with van der Waals surface area (Å²) in [6.45, 7) is 7.35. The molecule has 0 bridgehead atoms. The second-order valence-corrected chi connectivity index (χ2v) is 9.83. The Hall–Kier alpha value is -2.38. The Morgan fingerprint density at radius 2 is 1.89 bits per heavy atom. The van der Waals surface area contributed by atoms with E-state index >= 15 is 0 Å². The number of benzene rings is 2. The standard InChI is InChI=1S/C28H36ClN3O3/c1-3-4-16-34-20-25(33)18-31(17-22-10-11-22)19-27-21(2)30-32(24-14-12-23(29)13-15-24)28(27)35-26-8-6-5-7-9-26/h5-9,12-15,22,25,33H,3-4,10-11,16-20H2,1-2H3/t25-/m1/s1. The summed E-state index contributed by atoms with van der Waals surface area (Å²) in [4.78, 5) is 2.32. The lowest BCUT2D eigenvalue weighted by molar-refractivity contribution is 0.0134. The van der Waals surface area contributed by atoms with Gasteiger partial charge in [0.25, 0.3) is 0 Å². The zero-order valence-electron chi connectivity index (χ0n) is 20.7. The third kappa shape index (κ3) is 7.55. The highest BCUT2D eigenvalue weighted by molar-refractivity contribution is 6.30. The minimum atomic E-state index is -0.532. The number of rotatable bonds is 14. The molecular formula is C28H36ClN3O3. The molecule has 0 saturated heterocycles. The van der Waals surface area contributed by atoms with Gasteiger partial charge in [0.2, 0.25) is 5.88 Å². The van der Waals surface area contributed by atoms with Crippen LogP contribution in [0.25, 0.3) is 5.69 Å². The molecule has 0 radical (unpaired) electrons. The van der Waals surface area contributed by atoms with Crippen molar-refractivity contribution in [2.75, 3.05) is 26.3 Å². The summed E-state index contributed by atoms with van der Waals surface area (Å²) in [5.74, 6) is 2.13. The molecule has 4 rings (SSSR count). The van der Waals surface area contributed by atoms with Gasteiger partial charge in [-0.25, -0.2) is 4.68 Å². The highest BCUT2D eigenvalue weighted by Crippen LogP contribution is 2.34. The number of hydrogen-bond donors (Lipinski definition) is 1. The van der Waals surface area contributed by atoms with Crippen LogP contribution in [0, 0.1) is 12.8 Å². The fourth-order valence-corrected chi connectivity index (χ4v) is 4.22. The molecule has 188 valence electrons. The largest absolute Gasteiger partial charge is 0.439 e. The van der Waals surface area contributed by atoms with Crippen molar-refractivity contribution in [3.63, 3.8) is 0 Å². The summed E-state index contributed by atoms with van der Waals surface area (Å²) in [7, 11) is 0. The number of halogens is 1. The zero-order valence-corrected chi connectivity index (χ0v) is 21.5. The van der Waals surface area contributed by atoms with E-state index in [0.717, 1.165) is 42.1 Å². The molecule has 1 saturated carbocycles. The van der Waals surface area contributed by atoms with Crippen LogP contribution in [0.1, 0.15) is 43.9 Å². The van der Waals surface area contributed by atoms with E-state index in [4.69, 9.17) is 26.2 Å². The molecule has 1 heterocycles. The molecule has 1 N–H and O–H groups in total. The van der Waals surface area contributed by atoms with Crippen LogP contribution in [0.2, 0.25) is 5.02 Å². The molecule has 1 aliphatic rings. The lowest BCUT2D eigenvalue weighted by Crippen LogP contribution is -2.36. The molecule has 1 aromatic heterocycles. The van der Waals surface area contributed by atoms with Gasteiger partial charge >= 0.3 is 0 Å². The Labute approximate surface area is 213 Å². The van der Waals surface area contributed by atoms with Crippen LogP contribution in [0.5, 0.6) is 11.6 Å². The van der Waals surface area contributed by atoms with E-state index < -0.39 is 6.10 Å². The molecule has 1 atom stereocenters. The number of aromatic nitrogens is 2. The average Bonchev–Trinajstić information content (AvgIpc) is 3.62. The number of aliphatic hydroxyl groups excluding tert-OH is 1. The summed E-state index contributed by atoms with van der Waals surface area (Å²) in [5, 5.41) is 16.2. The molecular weight excluding hydrogens is 462 g/mol. The number of hydrogen-bond acceptors (Lipinski definition) is 5. The first kappa shape index (κ1) is 25.7. The van der Waals surface area contributed by atoms with Crippen molar-refractivity contribution in [2.45, 2.75) is 52.2 Å². The maximum absolute atomic E-state index is 10.7. The van der Waals surface area contributed by atoms with Gasteiger partial charge in [-0.3, -0.25) is 4.90 Å². The smallest absolute Gasteiger partial charge is 0.227 e. The van der Waals surface area contributed by atoms with Gasteiger partial charge < -0.3 is 14.6 Å². The van der Waals surface area contributed by atoms with Crippen LogP contribution in [0.4, 0.5) is 0 Å². The van der Waals surface area contributed by atoms with Crippen molar-refractivity contribution in [2.24, 2.45) is 5.92 Å². The predicted molar refractivity (Wildman–Crippen MR) is 140 cm³/mol. The first-order valence-electron chi connectivity index (χ1n) is 12.6. The maximum Gasteiger partial charge on any atom is 0.227 e. The van der Waals surface area contributed by atoms with Gasteiger partial charge in [-0.2, -0.15) is 5.10 Å². The molecule has 0 unspecified atom stereocenters. The monoisotopic (exact) mass is 497 g/mol. The number of aryl methyl sites for hydroxylation is 1. The summed E-state index contributed by atoms with van der Waals surface area (Å²) in [6, 6.07) is 17.4. The average molecular weight is 498 g/mol. The molecule has 7 heteroatoms. The summed E-state index contributed by atoms with van der Waals surface area (Å²) in [5.41, 5.74) is 2.80. The molecule has 1 fully saturated rings. The zero-order chi connectivity index (χ0) is 24.6. The number of para-hydroxylation sites is 1. The molecule has 1 aliphatic carbocycles. The Bertz CT molecular complexity index is 1050. The van der Waals surface area contributed by atoms with E-state index in [0.29, 0.717) is 43.1 Å². The fraction of sp³-hybridized carbons (Fsp3) is 0.464. The highest BCUT2D eigenvalue weighted by Gasteiger charge is 2.28. The third-order valence-corrected chi connectivity index (χ3v) is 6.43. The Morgan fingerprint density at radius 1 is 1.14 bits per heavy atom. The number of ether oxygens (including phenoxy) is 2. The van der Waals surface area contributed by atoms with Crippen molar-refractivity contribution >= 4 is 11.6 Å². The second-order valence-electron chi connectivity index (χ2n) is 9.39. The van der Waals surface area contributed by atoms with E-state index in [1.54, 1.807) is 0 Å². The summed E-state index contributed by atoms with van der Waals surface area (Å²) >= 11 is 6.13.